The topological polar surface area (TPSA) is 21.3 Å². The van der Waals surface area contributed by atoms with Crippen LogP contribution < -0.4 is 5.32 Å². The Balaban J connectivity index is 1.77. The molecule has 2 nitrogen and oxygen atoms in total. The highest BCUT2D eigenvalue weighted by Crippen LogP contribution is 2.46. The molecule has 2 fully saturated rings. The summed E-state index contributed by atoms with van der Waals surface area (Å²) in [5.41, 5.74) is 0.370. The van der Waals surface area contributed by atoms with E-state index in [1.807, 2.05) is 0 Å². The predicted octanol–water partition coefficient (Wildman–Crippen LogP) is 3.36. The molecular formula is C15H29NO. The number of nitrogens with one attached hydrogen (secondary N) is 1. The molecule has 17 heavy (non-hydrogen) atoms. The van der Waals surface area contributed by atoms with E-state index < -0.39 is 0 Å². The summed E-state index contributed by atoms with van der Waals surface area (Å²) in [7, 11) is 0. The molecule has 2 saturated carbocycles. The van der Waals surface area contributed by atoms with Gasteiger partial charge < -0.3 is 10.1 Å². The molecule has 1 N–H and O–H groups in total. The second-order valence-electron chi connectivity index (χ2n) is 6.18. The fourth-order valence-corrected chi connectivity index (χ4v) is 3.54. The van der Waals surface area contributed by atoms with Crippen LogP contribution >= 0.6 is 0 Å². The molecule has 2 heteroatoms. The highest BCUT2D eigenvalue weighted by atomic mass is 16.5. The third kappa shape index (κ3) is 2.68. The van der Waals surface area contributed by atoms with E-state index >= 15 is 0 Å². The third-order valence-electron chi connectivity index (χ3n) is 5.20. The van der Waals surface area contributed by atoms with Crippen molar-refractivity contribution < 1.29 is 4.74 Å². The molecule has 0 aliphatic heterocycles. The highest BCUT2D eigenvalue weighted by molar-refractivity contribution is 5.04. The average Bonchev–Trinajstić information content (AvgIpc) is 2.84. The molecule has 0 aromatic heterocycles. The van der Waals surface area contributed by atoms with E-state index in [0.29, 0.717) is 17.6 Å². The fraction of sp³-hybridized carbons (Fsp3) is 1.00. The lowest BCUT2D eigenvalue weighted by Gasteiger charge is -2.54. The largest absolute Gasteiger partial charge is 0.377 e. The van der Waals surface area contributed by atoms with Crippen molar-refractivity contribution in [3.05, 3.63) is 0 Å². The van der Waals surface area contributed by atoms with Crippen LogP contribution in [0.4, 0.5) is 0 Å². The molecule has 2 rings (SSSR count). The summed E-state index contributed by atoms with van der Waals surface area (Å²) >= 11 is 0. The Morgan fingerprint density at radius 3 is 2.53 bits per heavy atom. The molecule has 2 aliphatic rings. The van der Waals surface area contributed by atoms with Crippen LogP contribution in [0.1, 0.15) is 59.3 Å². The summed E-state index contributed by atoms with van der Waals surface area (Å²) in [5, 5.41) is 3.60. The third-order valence-corrected chi connectivity index (χ3v) is 5.20. The number of hydrogen-bond acceptors (Lipinski definition) is 2. The van der Waals surface area contributed by atoms with Gasteiger partial charge in [0.2, 0.25) is 0 Å². The maximum Gasteiger partial charge on any atom is 0.0658 e. The van der Waals surface area contributed by atoms with Crippen molar-refractivity contribution in [2.45, 2.75) is 71.4 Å². The first-order valence-corrected chi connectivity index (χ1v) is 7.55. The molecule has 0 aromatic rings. The van der Waals surface area contributed by atoms with Gasteiger partial charge in [-0.3, -0.25) is 0 Å². The minimum absolute atomic E-state index is 0.370. The molecule has 3 unspecified atom stereocenters. The molecule has 0 saturated heterocycles. The van der Waals surface area contributed by atoms with Crippen molar-refractivity contribution in [2.24, 2.45) is 11.3 Å². The zero-order valence-corrected chi connectivity index (χ0v) is 11.8. The smallest absolute Gasteiger partial charge is 0.0658 e. The Labute approximate surface area is 107 Å². The van der Waals surface area contributed by atoms with Crippen LogP contribution in [0.3, 0.4) is 0 Å². The summed E-state index contributed by atoms with van der Waals surface area (Å²) in [6, 6.07) is 0.672. The second-order valence-corrected chi connectivity index (χ2v) is 6.18. The zero-order valence-electron chi connectivity index (χ0n) is 11.8. The lowest BCUT2D eigenvalue weighted by Crippen LogP contribution is -2.62. The Bertz CT molecular complexity index is 237. The predicted molar refractivity (Wildman–Crippen MR) is 72.2 cm³/mol. The standard InChI is InChI=1S/C15H29NO/c1-4-15(3)13(16-5-2)10-14(15)17-11-12-8-6-7-9-12/h12-14,16H,4-11H2,1-3H3. The van der Waals surface area contributed by atoms with Gasteiger partial charge in [0.15, 0.2) is 0 Å². The van der Waals surface area contributed by atoms with Crippen molar-refractivity contribution in [1.82, 2.24) is 5.32 Å². The van der Waals surface area contributed by atoms with Gasteiger partial charge in [-0.2, -0.15) is 0 Å². The van der Waals surface area contributed by atoms with Crippen LogP contribution in [0.5, 0.6) is 0 Å². The zero-order chi connectivity index (χ0) is 12.3. The monoisotopic (exact) mass is 239 g/mol. The van der Waals surface area contributed by atoms with Gasteiger partial charge in [0.1, 0.15) is 0 Å². The van der Waals surface area contributed by atoms with Gasteiger partial charge in [-0.1, -0.05) is 33.6 Å². The molecule has 0 heterocycles. The Hall–Kier alpha value is -0.0800. The van der Waals surface area contributed by atoms with Crippen LogP contribution in [0, 0.1) is 11.3 Å². The van der Waals surface area contributed by atoms with Gasteiger partial charge in [0.05, 0.1) is 6.10 Å². The number of hydrogen-bond donors (Lipinski definition) is 1. The van der Waals surface area contributed by atoms with Crippen molar-refractivity contribution >= 4 is 0 Å². The summed E-state index contributed by atoms with van der Waals surface area (Å²) in [5.74, 6) is 0.856. The molecule has 0 radical (unpaired) electrons. The first kappa shape index (κ1) is 13.4. The second kappa shape index (κ2) is 5.71. The van der Waals surface area contributed by atoms with E-state index in [4.69, 9.17) is 4.74 Å². The van der Waals surface area contributed by atoms with E-state index in [-0.39, 0.29) is 0 Å². The molecule has 2 aliphatic carbocycles. The van der Waals surface area contributed by atoms with Crippen molar-refractivity contribution in [3.8, 4) is 0 Å². The molecule has 3 atom stereocenters. The fourth-order valence-electron chi connectivity index (χ4n) is 3.54. The van der Waals surface area contributed by atoms with Gasteiger partial charge >= 0.3 is 0 Å². The van der Waals surface area contributed by atoms with Crippen LogP contribution in [0.25, 0.3) is 0 Å². The molecule has 0 spiro atoms. The molecule has 0 bridgehead atoms. The van der Waals surface area contributed by atoms with Crippen molar-refractivity contribution in [3.63, 3.8) is 0 Å². The summed E-state index contributed by atoms with van der Waals surface area (Å²) in [4.78, 5) is 0. The minimum atomic E-state index is 0.370. The van der Waals surface area contributed by atoms with Gasteiger partial charge in [-0.25, -0.2) is 0 Å². The minimum Gasteiger partial charge on any atom is -0.377 e. The van der Waals surface area contributed by atoms with E-state index in [9.17, 15) is 0 Å². The first-order valence-electron chi connectivity index (χ1n) is 7.55. The maximum absolute atomic E-state index is 6.20. The Kier molecular flexibility index (Phi) is 4.48. The first-order chi connectivity index (χ1) is 8.20. The summed E-state index contributed by atoms with van der Waals surface area (Å²) in [6.45, 7) is 8.98. The lowest BCUT2D eigenvalue weighted by molar-refractivity contribution is -0.135. The highest BCUT2D eigenvalue weighted by Gasteiger charge is 2.50. The van der Waals surface area contributed by atoms with Crippen molar-refractivity contribution in [2.75, 3.05) is 13.2 Å². The normalized spacial score (nSPS) is 38.3. The quantitative estimate of drug-likeness (QED) is 0.767. The molecule has 0 aromatic carbocycles. The summed E-state index contributed by atoms with van der Waals surface area (Å²) < 4.78 is 6.20. The van der Waals surface area contributed by atoms with Gasteiger partial charge in [0, 0.05) is 18.1 Å². The molecule has 100 valence electrons. The maximum atomic E-state index is 6.20. The lowest BCUT2D eigenvalue weighted by atomic mass is 9.61. The van der Waals surface area contributed by atoms with Crippen LogP contribution in [0.15, 0.2) is 0 Å². The van der Waals surface area contributed by atoms with E-state index in [0.717, 1.165) is 19.1 Å². The molecule has 0 amide bonds. The van der Waals surface area contributed by atoms with E-state index in [2.05, 4.69) is 26.1 Å². The van der Waals surface area contributed by atoms with Crippen LogP contribution in [-0.2, 0) is 4.74 Å². The van der Waals surface area contributed by atoms with E-state index in [1.165, 1.54) is 38.5 Å². The number of rotatable bonds is 6. The SMILES string of the molecule is CCNC1CC(OCC2CCCC2)C1(C)CC. The van der Waals surface area contributed by atoms with Crippen molar-refractivity contribution in [1.29, 1.82) is 0 Å². The van der Waals surface area contributed by atoms with Gasteiger partial charge in [-0.05, 0) is 38.1 Å². The molecular weight excluding hydrogens is 210 g/mol. The van der Waals surface area contributed by atoms with Gasteiger partial charge in [0.25, 0.3) is 0 Å². The number of ether oxygens (including phenoxy) is 1. The van der Waals surface area contributed by atoms with Crippen LogP contribution in [-0.4, -0.2) is 25.3 Å². The van der Waals surface area contributed by atoms with Crippen LogP contribution in [0.2, 0.25) is 0 Å². The average molecular weight is 239 g/mol. The Morgan fingerprint density at radius 2 is 1.94 bits per heavy atom. The Morgan fingerprint density at radius 1 is 1.24 bits per heavy atom. The summed E-state index contributed by atoms with van der Waals surface area (Å²) in [6.07, 6.45) is 8.56. The van der Waals surface area contributed by atoms with E-state index in [1.54, 1.807) is 0 Å². The van der Waals surface area contributed by atoms with Gasteiger partial charge in [-0.15, -0.1) is 0 Å².